The van der Waals surface area contributed by atoms with Gasteiger partial charge < -0.3 is 0 Å². The second-order valence-electron chi connectivity index (χ2n) is 2.50. The van der Waals surface area contributed by atoms with Crippen LogP contribution in [0.4, 0.5) is 0 Å². The van der Waals surface area contributed by atoms with E-state index in [0.29, 0.717) is 5.38 Å². The third-order valence-corrected chi connectivity index (χ3v) is 2.62. The molecule has 0 saturated carbocycles. The van der Waals surface area contributed by atoms with Crippen molar-refractivity contribution >= 4 is 11.6 Å². The highest BCUT2D eigenvalue weighted by molar-refractivity contribution is 6.20. The van der Waals surface area contributed by atoms with Crippen molar-refractivity contribution in [1.82, 2.24) is 0 Å². The summed E-state index contributed by atoms with van der Waals surface area (Å²) in [6.45, 7) is 6.56. The van der Waals surface area contributed by atoms with Crippen LogP contribution in [0.25, 0.3) is 0 Å². The maximum absolute atomic E-state index is 6.03. The number of hydrogen-bond acceptors (Lipinski definition) is 0. The van der Waals surface area contributed by atoms with E-state index in [0.717, 1.165) is 12.3 Å². The van der Waals surface area contributed by atoms with Crippen molar-refractivity contribution in [1.29, 1.82) is 0 Å². The van der Waals surface area contributed by atoms with Gasteiger partial charge in [-0.05, 0) is 12.3 Å². The first-order valence-corrected chi connectivity index (χ1v) is 4.33. The topological polar surface area (TPSA) is 0 Å². The third kappa shape index (κ3) is 3.10. The summed E-state index contributed by atoms with van der Waals surface area (Å²) < 4.78 is 0. The second kappa shape index (κ2) is 5.10. The lowest BCUT2D eigenvalue weighted by Crippen LogP contribution is -2.11. The number of hydrogen-bond donors (Lipinski definition) is 0. The maximum Gasteiger partial charge on any atom is 0.0361 e. The van der Waals surface area contributed by atoms with Gasteiger partial charge in [-0.1, -0.05) is 33.6 Å². The van der Waals surface area contributed by atoms with Crippen molar-refractivity contribution in [2.24, 2.45) is 5.92 Å². The molecular formula is C8H17Cl. The van der Waals surface area contributed by atoms with Crippen LogP contribution in [0.1, 0.15) is 40.0 Å². The van der Waals surface area contributed by atoms with Gasteiger partial charge in [-0.25, -0.2) is 0 Å². The zero-order valence-corrected chi connectivity index (χ0v) is 7.41. The fraction of sp³-hybridized carbons (Fsp3) is 1.00. The molecule has 0 amide bonds. The molecule has 0 spiro atoms. The van der Waals surface area contributed by atoms with Gasteiger partial charge in [0.1, 0.15) is 0 Å². The Hall–Kier alpha value is 0.290. The molecule has 0 saturated heterocycles. The summed E-state index contributed by atoms with van der Waals surface area (Å²) in [5.41, 5.74) is 0. The highest BCUT2D eigenvalue weighted by atomic mass is 35.5. The Balaban J connectivity index is 3.50. The average Bonchev–Trinajstić information content (AvgIpc) is 1.90. The molecule has 0 aliphatic carbocycles. The molecule has 0 nitrogen and oxygen atoms in total. The molecule has 56 valence electrons. The average molecular weight is 149 g/mol. The highest BCUT2D eigenvalue weighted by Gasteiger charge is 2.12. The van der Waals surface area contributed by atoms with Gasteiger partial charge in [-0.2, -0.15) is 0 Å². The standard InChI is InChI=1S/C8H17Cl/c1-4-7(5-2)8(9)6-3/h7-8H,4-6H2,1-3H3. The summed E-state index contributed by atoms with van der Waals surface area (Å²) in [4.78, 5) is 0. The van der Waals surface area contributed by atoms with Crippen molar-refractivity contribution in [3.8, 4) is 0 Å². The summed E-state index contributed by atoms with van der Waals surface area (Å²) in [7, 11) is 0. The van der Waals surface area contributed by atoms with Crippen LogP contribution in [0.3, 0.4) is 0 Å². The van der Waals surface area contributed by atoms with Crippen LogP contribution >= 0.6 is 11.6 Å². The Bertz CT molecular complexity index is 57.6. The number of rotatable bonds is 4. The van der Waals surface area contributed by atoms with Crippen molar-refractivity contribution in [2.45, 2.75) is 45.4 Å². The van der Waals surface area contributed by atoms with Gasteiger partial charge in [-0.3, -0.25) is 0 Å². The molecule has 0 heterocycles. The Morgan fingerprint density at radius 1 is 1.00 bits per heavy atom. The zero-order chi connectivity index (χ0) is 7.28. The van der Waals surface area contributed by atoms with Crippen molar-refractivity contribution in [2.75, 3.05) is 0 Å². The highest BCUT2D eigenvalue weighted by Crippen LogP contribution is 2.20. The van der Waals surface area contributed by atoms with Gasteiger partial charge in [0.25, 0.3) is 0 Å². The summed E-state index contributed by atoms with van der Waals surface area (Å²) in [5, 5.41) is 0.403. The normalized spacial score (nSPS) is 14.3. The molecular weight excluding hydrogens is 132 g/mol. The van der Waals surface area contributed by atoms with Gasteiger partial charge >= 0.3 is 0 Å². The fourth-order valence-corrected chi connectivity index (χ4v) is 1.49. The Kier molecular flexibility index (Phi) is 5.27. The molecule has 1 heteroatoms. The first-order valence-electron chi connectivity index (χ1n) is 3.90. The Morgan fingerprint density at radius 2 is 1.44 bits per heavy atom. The first kappa shape index (κ1) is 9.29. The largest absolute Gasteiger partial charge is 0.123 e. The molecule has 0 radical (unpaired) electrons. The van der Waals surface area contributed by atoms with Crippen LogP contribution in [0, 0.1) is 5.92 Å². The number of halogens is 1. The Labute approximate surface area is 63.6 Å². The molecule has 0 aliphatic rings. The smallest absolute Gasteiger partial charge is 0.0361 e. The number of alkyl halides is 1. The van der Waals surface area contributed by atoms with Gasteiger partial charge in [-0.15, -0.1) is 11.6 Å². The second-order valence-corrected chi connectivity index (χ2v) is 3.06. The SMILES string of the molecule is CCC(Cl)C(CC)CC. The lowest BCUT2D eigenvalue weighted by Gasteiger charge is -2.16. The molecule has 0 aliphatic heterocycles. The van der Waals surface area contributed by atoms with Crippen LogP contribution in [0.2, 0.25) is 0 Å². The van der Waals surface area contributed by atoms with E-state index < -0.39 is 0 Å². The van der Waals surface area contributed by atoms with Crippen molar-refractivity contribution in [3.05, 3.63) is 0 Å². The fourth-order valence-electron chi connectivity index (χ4n) is 1.13. The summed E-state index contributed by atoms with van der Waals surface area (Å²) >= 11 is 6.03. The van der Waals surface area contributed by atoms with E-state index in [1.165, 1.54) is 12.8 Å². The van der Waals surface area contributed by atoms with Gasteiger partial charge in [0.15, 0.2) is 0 Å². The Morgan fingerprint density at radius 3 is 1.56 bits per heavy atom. The van der Waals surface area contributed by atoms with E-state index >= 15 is 0 Å². The van der Waals surface area contributed by atoms with E-state index in [9.17, 15) is 0 Å². The quantitative estimate of drug-likeness (QED) is 0.536. The van der Waals surface area contributed by atoms with E-state index in [2.05, 4.69) is 20.8 Å². The predicted octanol–water partition coefficient (Wildman–Crippen LogP) is 3.44. The van der Waals surface area contributed by atoms with Gasteiger partial charge in [0, 0.05) is 5.38 Å². The van der Waals surface area contributed by atoms with Crippen LogP contribution < -0.4 is 0 Å². The molecule has 1 atom stereocenters. The monoisotopic (exact) mass is 148 g/mol. The summed E-state index contributed by atoms with van der Waals surface area (Å²) in [6, 6.07) is 0. The molecule has 0 fully saturated rings. The van der Waals surface area contributed by atoms with Crippen LogP contribution in [0.15, 0.2) is 0 Å². The van der Waals surface area contributed by atoms with Crippen LogP contribution in [-0.2, 0) is 0 Å². The minimum absolute atomic E-state index is 0.403. The van der Waals surface area contributed by atoms with E-state index in [1.54, 1.807) is 0 Å². The van der Waals surface area contributed by atoms with Crippen LogP contribution in [0.5, 0.6) is 0 Å². The minimum atomic E-state index is 0.403. The molecule has 1 unspecified atom stereocenters. The summed E-state index contributed by atoms with van der Waals surface area (Å²) in [6.07, 6.45) is 3.55. The van der Waals surface area contributed by atoms with Crippen LogP contribution in [-0.4, -0.2) is 5.38 Å². The lowest BCUT2D eigenvalue weighted by atomic mass is 9.98. The van der Waals surface area contributed by atoms with Crippen molar-refractivity contribution in [3.63, 3.8) is 0 Å². The van der Waals surface area contributed by atoms with Gasteiger partial charge in [0.05, 0.1) is 0 Å². The molecule has 0 N–H and O–H groups in total. The molecule has 0 aromatic heterocycles. The third-order valence-electron chi connectivity index (χ3n) is 1.95. The molecule has 9 heavy (non-hydrogen) atoms. The van der Waals surface area contributed by atoms with E-state index in [4.69, 9.17) is 11.6 Å². The van der Waals surface area contributed by atoms with E-state index in [1.807, 2.05) is 0 Å². The molecule has 0 rings (SSSR count). The maximum atomic E-state index is 6.03. The zero-order valence-electron chi connectivity index (χ0n) is 6.65. The van der Waals surface area contributed by atoms with E-state index in [-0.39, 0.29) is 0 Å². The molecule has 0 aromatic carbocycles. The molecule has 0 bridgehead atoms. The van der Waals surface area contributed by atoms with Crippen molar-refractivity contribution < 1.29 is 0 Å². The first-order chi connectivity index (χ1) is 4.26. The minimum Gasteiger partial charge on any atom is -0.123 e. The molecule has 0 aromatic rings. The van der Waals surface area contributed by atoms with Gasteiger partial charge in [0.2, 0.25) is 0 Å². The predicted molar refractivity (Wildman–Crippen MR) is 44.0 cm³/mol. The lowest BCUT2D eigenvalue weighted by molar-refractivity contribution is 0.458. The summed E-state index contributed by atoms with van der Waals surface area (Å²) in [5.74, 6) is 0.733.